The van der Waals surface area contributed by atoms with Crippen LogP contribution in [0.25, 0.3) is 0 Å². The largest absolute Gasteiger partial charge is 0.324 e. The lowest BCUT2D eigenvalue weighted by atomic mass is 10.1. The molecule has 1 aromatic carbocycles. The van der Waals surface area contributed by atoms with Crippen LogP contribution < -0.4 is 10.6 Å². The fourth-order valence-corrected chi connectivity index (χ4v) is 1.64. The lowest BCUT2D eigenvalue weighted by molar-refractivity contribution is 0.101. The van der Waals surface area contributed by atoms with E-state index in [-0.39, 0.29) is 5.78 Å². The highest BCUT2D eigenvalue weighted by molar-refractivity contribution is 6.00. The van der Waals surface area contributed by atoms with Crippen LogP contribution >= 0.6 is 0 Å². The Balaban J connectivity index is 2.02. The summed E-state index contributed by atoms with van der Waals surface area (Å²) in [5, 5.41) is 5.28. The molecule has 0 aliphatic carbocycles. The Morgan fingerprint density at radius 1 is 1.10 bits per heavy atom. The summed E-state index contributed by atoms with van der Waals surface area (Å²) in [6.45, 7) is 3.40. The predicted octanol–water partition coefficient (Wildman–Crippen LogP) is 3.24. The van der Waals surface area contributed by atoms with E-state index in [9.17, 15) is 9.59 Å². The first-order chi connectivity index (χ1) is 9.54. The topological polar surface area (TPSA) is 71.1 Å². The maximum Gasteiger partial charge on any atom is 0.324 e. The number of hydrogen-bond acceptors (Lipinski definition) is 3. The van der Waals surface area contributed by atoms with Crippen LogP contribution in [0, 0.1) is 6.92 Å². The van der Waals surface area contributed by atoms with Crippen molar-refractivity contribution >= 4 is 23.3 Å². The zero-order valence-corrected chi connectivity index (χ0v) is 11.3. The van der Waals surface area contributed by atoms with Gasteiger partial charge in [0.25, 0.3) is 0 Å². The maximum absolute atomic E-state index is 11.8. The molecule has 0 radical (unpaired) electrons. The lowest BCUT2D eigenvalue weighted by Crippen LogP contribution is -2.20. The Kier molecular flexibility index (Phi) is 4.10. The first-order valence-electron chi connectivity index (χ1n) is 6.16. The summed E-state index contributed by atoms with van der Waals surface area (Å²) >= 11 is 0. The SMILES string of the molecule is CC(=O)c1cccc(NC(=O)Nc2ccc(C)cn2)c1. The first-order valence-corrected chi connectivity index (χ1v) is 6.16. The summed E-state index contributed by atoms with van der Waals surface area (Å²) in [5.41, 5.74) is 2.13. The molecule has 0 aliphatic heterocycles. The Morgan fingerprint density at radius 2 is 1.90 bits per heavy atom. The smallest absolute Gasteiger partial charge is 0.308 e. The van der Waals surface area contributed by atoms with Gasteiger partial charge < -0.3 is 5.32 Å². The molecule has 0 aliphatic rings. The first kappa shape index (κ1) is 13.7. The number of benzene rings is 1. The van der Waals surface area contributed by atoms with Crippen molar-refractivity contribution < 1.29 is 9.59 Å². The van der Waals surface area contributed by atoms with Gasteiger partial charge in [-0.2, -0.15) is 0 Å². The third kappa shape index (κ3) is 3.65. The number of Topliss-reactive ketones (excluding diaryl/α,β-unsaturated/α-hetero) is 1. The number of anilines is 2. The molecular formula is C15H15N3O2. The van der Waals surface area contributed by atoms with Gasteiger partial charge in [0.2, 0.25) is 0 Å². The average Bonchev–Trinajstić information content (AvgIpc) is 2.41. The lowest BCUT2D eigenvalue weighted by Gasteiger charge is -2.08. The number of carbonyl (C=O) groups is 2. The molecule has 0 saturated carbocycles. The minimum Gasteiger partial charge on any atom is -0.308 e. The third-order valence-electron chi connectivity index (χ3n) is 2.68. The van der Waals surface area contributed by atoms with Gasteiger partial charge in [0.05, 0.1) is 0 Å². The van der Waals surface area contributed by atoms with E-state index in [1.54, 1.807) is 36.5 Å². The molecule has 2 amide bonds. The number of carbonyl (C=O) groups excluding carboxylic acids is 2. The number of nitrogens with one attached hydrogen (secondary N) is 2. The van der Waals surface area contributed by atoms with Gasteiger partial charge in [-0.15, -0.1) is 0 Å². The van der Waals surface area contributed by atoms with Crippen LogP contribution in [0.4, 0.5) is 16.3 Å². The zero-order chi connectivity index (χ0) is 14.5. The monoisotopic (exact) mass is 269 g/mol. The van der Waals surface area contributed by atoms with Crippen LogP contribution in [-0.4, -0.2) is 16.8 Å². The van der Waals surface area contributed by atoms with E-state index >= 15 is 0 Å². The summed E-state index contributed by atoms with van der Waals surface area (Å²) in [6.07, 6.45) is 1.67. The minimum atomic E-state index is -0.401. The van der Waals surface area contributed by atoms with Crippen molar-refractivity contribution in [3.05, 3.63) is 53.7 Å². The van der Waals surface area contributed by atoms with Gasteiger partial charge in [0.15, 0.2) is 5.78 Å². The molecular weight excluding hydrogens is 254 g/mol. The van der Waals surface area contributed by atoms with Crippen molar-refractivity contribution in [3.8, 4) is 0 Å². The number of aryl methyl sites for hydroxylation is 1. The van der Waals surface area contributed by atoms with E-state index in [1.165, 1.54) is 6.92 Å². The van der Waals surface area contributed by atoms with Gasteiger partial charge >= 0.3 is 6.03 Å². The standard InChI is InChI=1S/C15H15N3O2/c1-10-6-7-14(16-9-10)18-15(20)17-13-5-3-4-12(8-13)11(2)19/h3-9H,1-2H3,(H2,16,17,18,20). The number of ketones is 1. The van der Waals surface area contributed by atoms with Gasteiger partial charge in [0, 0.05) is 17.4 Å². The second kappa shape index (κ2) is 5.97. The number of amides is 2. The van der Waals surface area contributed by atoms with Gasteiger partial charge in [-0.1, -0.05) is 18.2 Å². The van der Waals surface area contributed by atoms with E-state index in [0.29, 0.717) is 17.1 Å². The number of pyridine rings is 1. The second-order valence-electron chi connectivity index (χ2n) is 4.44. The average molecular weight is 269 g/mol. The highest BCUT2D eigenvalue weighted by atomic mass is 16.2. The predicted molar refractivity (Wildman–Crippen MR) is 78.1 cm³/mol. The van der Waals surface area contributed by atoms with Gasteiger partial charge in [-0.3, -0.25) is 10.1 Å². The van der Waals surface area contributed by atoms with Gasteiger partial charge in [-0.25, -0.2) is 9.78 Å². The number of aromatic nitrogens is 1. The van der Waals surface area contributed by atoms with E-state index in [0.717, 1.165) is 5.56 Å². The van der Waals surface area contributed by atoms with E-state index in [4.69, 9.17) is 0 Å². The molecule has 0 fully saturated rings. The molecule has 0 spiro atoms. The Morgan fingerprint density at radius 3 is 2.55 bits per heavy atom. The normalized spacial score (nSPS) is 9.90. The van der Waals surface area contributed by atoms with Gasteiger partial charge in [-0.05, 0) is 37.6 Å². The quantitative estimate of drug-likeness (QED) is 0.840. The molecule has 1 heterocycles. The van der Waals surface area contributed by atoms with Gasteiger partial charge in [0.1, 0.15) is 5.82 Å². The zero-order valence-electron chi connectivity index (χ0n) is 11.3. The van der Waals surface area contributed by atoms with Crippen LogP contribution in [0.15, 0.2) is 42.6 Å². The van der Waals surface area contributed by atoms with Crippen molar-refractivity contribution in [3.63, 3.8) is 0 Å². The fourth-order valence-electron chi connectivity index (χ4n) is 1.64. The van der Waals surface area contributed by atoms with Crippen LogP contribution in [0.3, 0.4) is 0 Å². The van der Waals surface area contributed by atoms with Crippen molar-refractivity contribution in [2.24, 2.45) is 0 Å². The fraction of sp³-hybridized carbons (Fsp3) is 0.133. The van der Waals surface area contributed by atoms with E-state index in [1.807, 2.05) is 13.0 Å². The molecule has 1 aromatic heterocycles. The minimum absolute atomic E-state index is 0.0470. The number of nitrogens with zero attached hydrogens (tertiary/aromatic N) is 1. The molecule has 0 atom stereocenters. The molecule has 2 rings (SSSR count). The number of hydrogen-bond donors (Lipinski definition) is 2. The summed E-state index contributed by atoms with van der Waals surface area (Å²) in [7, 11) is 0. The molecule has 2 aromatic rings. The van der Waals surface area contributed by atoms with Crippen LogP contribution in [0.5, 0.6) is 0 Å². The summed E-state index contributed by atoms with van der Waals surface area (Å²) in [6, 6.07) is 9.95. The molecule has 0 bridgehead atoms. The van der Waals surface area contributed by atoms with Crippen LogP contribution in [0.1, 0.15) is 22.8 Å². The Hall–Kier alpha value is -2.69. The molecule has 5 nitrogen and oxygen atoms in total. The summed E-state index contributed by atoms with van der Waals surface area (Å²) in [5.74, 6) is 0.421. The molecule has 102 valence electrons. The van der Waals surface area contributed by atoms with Crippen LogP contribution in [0.2, 0.25) is 0 Å². The van der Waals surface area contributed by atoms with Crippen LogP contribution in [-0.2, 0) is 0 Å². The molecule has 0 unspecified atom stereocenters. The van der Waals surface area contributed by atoms with E-state index < -0.39 is 6.03 Å². The molecule has 2 N–H and O–H groups in total. The molecule has 20 heavy (non-hydrogen) atoms. The second-order valence-corrected chi connectivity index (χ2v) is 4.44. The van der Waals surface area contributed by atoms with Crippen molar-refractivity contribution in [1.82, 2.24) is 4.98 Å². The molecule has 0 saturated heterocycles. The summed E-state index contributed by atoms with van der Waals surface area (Å²) < 4.78 is 0. The van der Waals surface area contributed by atoms with Crippen molar-refractivity contribution in [2.45, 2.75) is 13.8 Å². The highest BCUT2D eigenvalue weighted by Crippen LogP contribution is 2.12. The van der Waals surface area contributed by atoms with Crippen molar-refractivity contribution in [1.29, 1.82) is 0 Å². The Bertz CT molecular complexity index is 636. The summed E-state index contributed by atoms with van der Waals surface area (Å²) in [4.78, 5) is 27.1. The highest BCUT2D eigenvalue weighted by Gasteiger charge is 2.05. The maximum atomic E-state index is 11.8. The van der Waals surface area contributed by atoms with E-state index in [2.05, 4.69) is 15.6 Å². The van der Waals surface area contributed by atoms with Crippen molar-refractivity contribution in [2.75, 3.05) is 10.6 Å². The third-order valence-corrected chi connectivity index (χ3v) is 2.68. The Labute approximate surface area is 117 Å². The number of rotatable bonds is 3. The molecule has 5 heteroatoms. The number of urea groups is 1.